The predicted molar refractivity (Wildman–Crippen MR) is 73.8 cm³/mol. The van der Waals surface area contributed by atoms with Crippen molar-refractivity contribution in [3.8, 4) is 0 Å². The van der Waals surface area contributed by atoms with Gasteiger partial charge < -0.3 is 5.11 Å². The summed E-state index contributed by atoms with van der Waals surface area (Å²) in [4.78, 5) is 11.1. The van der Waals surface area contributed by atoms with Crippen LogP contribution in [0.25, 0.3) is 0 Å². The molecule has 7 nitrogen and oxygen atoms in total. The molecule has 20 heavy (non-hydrogen) atoms. The summed E-state index contributed by atoms with van der Waals surface area (Å²) in [6, 6.07) is -1.10. The Labute approximate surface area is 119 Å². The number of carboxylic acids is 1. The molecule has 0 fully saturated rings. The van der Waals surface area contributed by atoms with Crippen LogP contribution in [-0.2, 0) is 14.8 Å². The van der Waals surface area contributed by atoms with Gasteiger partial charge in [-0.2, -0.15) is 9.82 Å². The number of hydrogen-bond acceptors (Lipinski definition) is 4. The van der Waals surface area contributed by atoms with Crippen LogP contribution in [0.3, 0.4) is 0 Å². The minimum absolute atomic E-state index is 0.0267. The number of rotatable bonds is 7. The minimum Gasteiger partial charge on any atom is -0.480 e. The standard InChI is InChI=1S/C12H21N3O4S/c1-8(2)5-11(12(16)17)14-20(18,19)10-6-13-15(7-10)9(3)4/h6-9,11,14H,5H2,1-4H3,(H,16,17). The van der Waals surface area contributed by atoms with Gasteiger partial charge in [0.25, 0.3) is 0 Å². The largest absolute Gasteiger partial charge is 0.480 e. The van der Waals surface area contributed by atoms with E-state index in [9.17, 15) is 13.2 Å². The van der Waals surface area contributed by atoms with E-state index in [1.807, 2.05) is 27.7 Å². The fraction of sp³-hybridized carbons (Fsp3) is 0.667. The number of aliphatic carboxylic acids is 1. The van der Waals surface area contributed by atoms with Gasteiger partial charge in [-0.3, -0.25) is 9.48 Å². The van der Waals surface area contributed by atoms with E-state index in [0.717, 1.165) is 0 Å². The van der Waals surface area contributed by atoms with E-state index in [2.05, 4.69) is 9.82 Å². The molecule has 0 aliphatic heterocycles. The first-order chi connectivity index (χ1) is 9.13. The van der Waals surface area contributed by atoms with Crippen LogP contribution in [0, 0.1) is 5.92 Å². The lowest BCUT2D eigenvalue weighted by Gasteiger charge is -2.15. The third kappa shape index (κ3) is 4.31. The molecule has 0 radical (unpaired) electrons. The SMILES string of the molecule is CC(C)CC(NS(=O)(=O)c1cnn(C(C)C)c1)C(=O)O. The third-order valence-corrected chi connectivity index (χ3v) is 4.15. The van der Waals surface area contributed by atoms with Crippen LogP contribution in [0.2, 0.25) is 0 Å². The smallest absolute Gasteiger partial charge is 0.321 e. The molecule has 2 N–H and O–H groups in total. The van der Waals surface area contributed by atoms with Crippen LogP contribution in [0.1, 0.15) is 40.2 Å². The van der Waals surface area contributed by atoms with Gasteiger partial charge in [0.1, 0.15) is 10.9 Å². The lowest BCUT2D eigenvalue weighted by molar-refractivity contribution is -0.139. The fourth-order valence-electron chi connectivity index (χ4n) is 1.67. The zero-order valence-electron chi connectivity index (χ0n) is 12.1. The molecule has 0 saturated heterocycles. The molecule has 0 aromatic carbocycles. The number of sulfonamides is 1. The Morgan fingerprint density at radius 1 is 1.40 bits per heavy atom. The van der Waals surface area contributed by atoms with Crippen LogP contribution in [0.4, 0.5) is 0 Å². The van der Waals surface area contributed by atoms with Crippen molar-refractivity contribution in [2.45, 2.75) is 51.1 Å². The Morgan fingerprint density at radius 3 is 2.40 bits per heavy atom. The monoisotopic (exact) mass is 303 g/mol. The maximum absolute atomic E-state index is 12.1. The molecule has 0 bridgehead atoms. The van der Waals surface area contributed by atoms with Crippen molar-refractivity contribution < 1.29 is 18.3 Å². The van der Waals surface area contributed by atoms with Crippen molar-refractivity contribution in [3.63, 3.8) is 0 Å². The highest BCUT2D eigenvalue weighted by atomic mass is 32.2. The summed E-state index contributed by atoms with van der Waals surface area (Å²) in [6.07, 6.45) is 2.84. The first-order valence-corrected chi connectivity index (χ1v) is 7.91. The zero-order chi connectivity index (χ0) is 15.5. The maximum atomic E-state index is 12.1. The van der Waals surface area contributed by atoms with Crippen LogP contribution >= 0.6 is 0 Å². The van der Waals surface area contributed by atoms with E-state index in [1.54, 1.807) is 0 Å². The highest BCUT2D eigenvalue weighted by molar-refractivity contribution is 7.89. The van der Waals surface area contributed by atoms with Crippen molar-refractivity contribution in [1.29, 1.82) is 0 Å². The lowest BCUT2D eigenvalue weighted by atomic mass is 10.1. The molecule has 0 spiro atoms. The molecule has 1 unspecified atom stereocenters. The number of aromatic nitrogens is 2. The molecule has 0 aliphatic rings. The van der Waals surface area contributed by atoms with Crippen LogP contribution < -0.4 is 4.72 Å². The summed E-state index contributed by atoms with van der Waals surface area (Å²) in [7, 11) is -3.88. The average molecular weight is 303 g/mol. The summed E-state index contributed by atoms with van der Waals surface area (Å²) < 4.78 is 28.0. The average Bonchev–Trinajstić information content (AvgIpc) is 2.76. The van der Waals surface area contributed by atoms with Gasteiger partial charge in [-0.15, -0.1) is 0 Å². The van der Waals surface area contributed by atoms with E-state index in [-0.39, 0.29) is 23.3 Å². The van der Waals surface area contributed by atoms with Crippen LogP contribution in [-0.4, -0.2) is 35.3 Å². The zero-order valence-corrected chi connectivity index (χ0v) is 12.9. The molecular formula is C12H21N3O4S. The third-order valence-electron chi connectivity index (χ3n) is 2.72. The van der Waals surface area contributed by atoms with Crippen molar-refractivity contribution in [2.24, 2.45) is 5.92 Å². The molecule has 1 atom stereocenters. The van der Waals surface area contributed by atoms with E-state index in [4.69, 9.17) is 5.11 Å². The van der Waals surface area contributed by atoms with E-state index >= 15 is 0 Å². The highest BCUT2D eigenvalue weighted by Crippen LogP contribution is 2.13. The minimum atomic E-state index is -3.88. The van der Waals surface area contributed by atoms with Crippen LogP contribution in [0.15, 0.2) is 17.3 Å². The maximum Gasteiger partial charge on any atom is 0.321 e. The van der Waals surface area contributed by atoms with E-state index in [0.29, 0.717) is 0 Å². The second-order valence-electron chi connectivity index (χ2n) is 5.39. The van der Waals surface area contributed by atoms with Crippen molar-refractivity contribution in [1.82, 2.24) is 14.5 Å². The number of carbonyl (C=O) groups is 1. The highest BCUT2D eigenvalue weighted by Gasteiger charge is 2.27. The number of hydrogen-bond donors (Lipinski definition) is 2. The predicted octanol–water partition coefficient (Wildman–Crippen LogP) is 1.24. The van der Waals surface area contributed by atoms with Crippen LogP contribution in [0.5, 0.6) is 0 Å². The molecule has 114 valence electrons. The van der Waals surface area contributed by atoms with Gasteiger partial charge in [-0.1, -0.05) is 13.8 Å². The lowest BCUT2D eigenvalue weighted by Crippen LogP contribution is -2.41. The first-order valence-electron chi connectivity index (χ1n) is 6.42. The number of carboxylic acid groups (broad SMARTS) is 1. The second-order valence-corrected chi connectivity index (χ2v) is 7.11. The summed E-state index contributed by atoms with van der Waals surface area (Å²) in [6.45, 7) is 7.41. The molecule has 1 aromatic heterocycles. The van der Waals surface area contributed by atoms with Gasteiger partial charge >= 0.3 is 5.97 Å². The summed E-state index contributed by atoms with van der Waals surface area (Å²) in [5.74, 6) is -1.12. The second kappa shape index (κ2) is 6.36. The molecule has 1 heterocycles. The molecule has 8 heteroatoms. The topological polar surface area (TPSA) is 101 Å². The van der Waals surface area contributed by atoms with Gasteiger partial charge in [0.05, 0.1) is 6.20 Å². The normalized spacial score (nSPS) is 13.9. The fourth-order valence-corrected chi connectivity index (χ4v) is 2.81. The van der Waals surface area contributed by atoms with Gasteiger partial charge in [0, 0.05) is 12.2 Å². The van der Waals surface area contributed by atoms with Gasteiger partial charge in [-0.05, 0) is 26.2 Å². The van der Waals surface area contributed by atoms with Crippen molar-refractivity contribution >= 4 is 16.0 Å². The molecule has 0 amide bonds. The van der Waals surface area contributed by atoms with E-state index in [1.165, 1.54) is 17.1 Å². The molecular weight excluding hydrogens is 282 g/mol. The molecule has 1 aromatic rings. The Kier molecular flexibility index (Phi) is 5.29. The molecule has 1 rings (SSSR count). The Morgan fingerprint density at radius 2 is 2.00 bits per heavy atom. The van der Waals surface area contributed by atoms with E-state index < -0.39 is 22.0 Å². The Hall–Kier alpha value is -1.41. The summed E-state index contributed by atoms with van der Waals surface area (Å²) in [5, 5.41) is 13.0. The first kappa shape index (κ1) is 16.6. The van der Waals surface area contributed by atoms with Crippen molar-refractivity contribution in [3.05, 3.63) is 12.4 Å². The number of nitrogens with zero attached hydrogens (tertiary/aromatic N) is 2. The number of nitrogens with one attached hydrogen (secondary N) is 1. The van der Waals surface area contributed by atoms with Crippen molar-refractivity contribution in [2.75, 3.05) is 0 Å². The van der Waals surface area contributed by atoms with Gasteiger partial charge in [0.2, 0.25) is 10.0 Å². The summed E-state index contributed by atoms with van der Waals surface area (Å²) in [5.41, 5.74) is 0. The van der Waals surface area contributed by atoms with Gasteiger partial charge in [-0.25, -0.2) is 8.42 Å². The molecule has 0 saturated carbocycles. The quantitative estimate of drug-likeness (QED) is 0.789. The summed E-state index contributed by atoms with van der Waals surface area (Å²) >= 11 is 0. The Balaban J connectivity index is 2.94. The van der Waals surface area contributed by atoms with Gasteiger partial charge in [0.15, 0.2) is 0 Å². The Bertz CT molecular complexity index is 563. The molecule has 0 aliphatic carbocycles.